The van der Waals surface area contributed by atoms with Gasteiger partial charge in [0.1, 0.15) is 5.60 Å². The Morgan fingerprint density at radius 2 is 2.00 bits per heavy atom. The number of carbonyl (C=O) groups is 1. The second-order valence-electron chi connectivity index (χ2n) is 5.52. The normalized spacial score (nSPS) is 24.0. The van der Waals surface area contributed by atoms with E-state index in [1.165, 1.54) is 10.6 Å². The van der Waals surface area contributed by atoms with Crippen molar-refractivity contribution in [3.8, 4) is 0 Å². The molecule has 1 aliphatic rings. The highest BCUT2D eigenvalue weighted by molar-refractivity contribution is 5.78. The van der Waals surface area contributed by atoms with Crippen LogP contribution in [0.2, 0.25) is 0 Å². The minimum atomic E-state index is -0.350. The van der Waals surface area contributed by atoms with Crippen molar-refractivity contribution in [3.63, 3.8) is 0 Å². The third-order valence-electron chi connectivity index (χ3n) is 3.34. The van der Waals surface area contributed by atoms with Crippen LogP contribution in [0.1, 0.15) is 39.2 Å². The molecule has 0 radical (unpaired) electrons. The molecule has 0 bridgehead atoms. The van der Waals surface area contributed by atoms with E-state index in [0.29, 0.717) is 6.42 Å². The summed E-state index contributed by atoms with van der Waals surface area (Å²) in [5, 5.41) is 1.52. The van der Waals surface area contributed by atoms with Crippen LogP contribution in [0, 0.1) is 0 Å². The monoisotopic (exact) mass is 247 g/mol. The molecule has 98 valence electrons. The number of benzene rings is 1. The smallest absolute Gasteiger partial charge is 0.249 e. The van der Waals surface area contributed by atoms with E-state index in [9.17, 15) is 4.79 Å². The van der Waals surface area contributed by atoms with E-state index in [4.69, 9.17) is 4.84 Å². The molecule has 1 unspecified atom stereocenters. The summed E-state index contributed by atoms with van der Waals surface area (Å²) >= 11 is 0. The van der Waals surface area contributed by atoms with Gasteiger partial charge in [-0.2, -0.15) is 0 Å². The maximum Gasteiger partial charge on any atom is 0.249 e. The molecule has 1 saturated heterocycles. The quantitative estimate of drug-likeness (QED) is 0.818. The van der Waals surface area contributed by atoms with E-state index in [1.54, 1.807) is 0 Å². The molecule has 3 nitrogen and oxygen atoms in total. The summed E-state index contributed by atoms with van der Waals surface area (Å²) in [5.74, 6) is 0.0977. The molecule has 0 N–H and O–H groups in total. The first-order valence-electron chi connectivity index (χ1n) is 6.55. The Labute approximate surface area is 109 Å². The molecule has 0 saturated carbocycles. The van der Waals surface area contributed by atoms with Gasteiger partial charge in [-0.1, -0.05) is 30.3 Å². The fourth-order valence-corrected chi connectivity index (χ4v) is 2.30. The minimum absolute atomic E-state index is 0.0977. The van der Waals surface area contributed by atoms with Gasteiger partial charge in [0.2, 0.25) is 5.91 Å². The lowest BCUT2D eigenvalue weighted by Gasteiger charge is -2.26. The average molecular weight is 247 g/mol. The van der Waals surface area contributed by atoms with Gasteiger partial charge in [-0.25, -0.2) is 5.06 Å². The number of rotatable bonds is 4. The van der Waals surface area contributed by atoms with Gasteiger partial charge in [0, 0.05) is 0 Å². The van der Waals surface area contributed by atoms with Gasteiger partial charge in [-0.15, -0.1) is 0 Å². The van der Waals surface area contributed by atoms with Gasteiger partial charge in [0.05, 0.1) is 12.5 Å². The van der Waals surface area contributed by atoms with Gasteiger partial charge >= 0.3 is 0 Å². The first-order chi connectivity index (χ1) is 8.50. The summed E-state index contributed by atoms with van der Waals surface area (Å²) in [4.78, 5) is 17.7. The van der Waals surface area contributed by atoms with Crippen molar-refractivity contribution in [2.24, 2.45) is 0 Å². The lowest BCUT2D eigenvalue weighted by atomic mass is 9.94. The minimum Gasteiger partial charge on any atom is -0.272 e. The second kappa shape index (κ2) is 5.11. The topological polar surface area (TPSA) is 29.5 Å². The van der Waals surface area contributed by atoms with Gasteiger partial charge in [-0.05, 0) is 39.2 Å². The molecule has 2 rings (SSSR count). The highest BCUT2D eigenvalue weighted by atomic mass is 16.7. The predicted molar refractivity (Wildman–Crippen MR) is 70.9 cm³/mol. The summed E-state index contributed by atoms with van der Waals surface area (Å²) in [6.07, 6.45) is 2.29. The lowest BCUT2D eigenvalue weighted by Crippen LogP contribution is -2.33. The Morgan fingerprint density at radius 3 is 2.56 bits per heavy atom. The molecule has 1 aromatic rings. The number of hydrogen-bond acceptors (Lipinski definition) is 2. The van der Waals surface area contributed by atoms with Crippen LogP contribution in [0.15, 0.2) is 30.3 Å². The lowest BCUT2D eigenvalue weighted by molar-refractivity contribution is -0.208. The Balaban J connectivity index is 1.96. The van der Waals surface area contributed by atoms with Crippen LogP contribution >= 0.6 is 0 Å². The summed E-state index contributed by atoms with van der Waals surface area (Å²) < 4.78 is 0. The van der Waals surface area contributed by atoms with Crippen LogP contribution in [0.4, 0.5) is 0 Å². The Kier molecular flexibility index (Phi) is 3.71. The van der Waals surface area contributed by atoms with Crippen molar-refractivity contribution in [1.29, 1.82) is 0 Å². The number of aryl methyl sites for hydroxylation is 1. The SMILES string of the molecule is CC(C)N1OC(C)(CCc2ccccc2)CC1=O. The van der Waals surface area contributed by atoms with Crippen molar-refractivity contribution >= 4 is 5.91 Å². The van der Waals surface area contributed by atoms with E-state index < -0.39 is 0 Å². The molecule has 1 heterocycles. The van der Waals surface area contributed by atoms with Crippen LogP contribution in [-0.2, 0) is 16.1 Å². The molecule has 1 aliphatic heterocycles. The molecule has 0 spiro atoms. The van der Waals surface area contributed by atoms with Crippen molar-refractivity contribution in [3.05, 3.63) is 35.9 Å². The molecule has 1 fully saturated rings. The average Bonchev–Trinajstić information content (AvgIpc) is 2.65. The highest BCUT2D eigenvalue weighted by Crippen LogP contribution is 2.32. The number of amides is 1. The Bertz CT molecular complexity index is 416. The molecule has 3 heteroatoms. The van der Waals surface area contributed by atoms with Crippen molar-refractivity contribution in [1.82, 2.24) is 5.06 Å². The van der Waals surface area contributed by atoms with E-state index >= 15 is 0 Å². The first kappa shape index (κ1) is 13.1. The number of hydrogen-bond donors (Lipinski definition) is 0. The number of carbonyl (C=O) groups excluding carboxylic acids is 1. The van der Waals surface area contributed by atoms with E-state index in [1.807, 2.05) is 39.0 Å². The van der Waals surface area contributed by atoms with Crippen molar-refractivity contribution in [2.75, 3.05) is 0 Å². The van der Waals surface area contributed by atoms with E-state index in [2.05, 4.69) is 12.1 Å². The third kappa shape index (κ3) is 2.91. The van der Waals surface area contributed by atoms with E-state index in [0.717, 1.165) is 12.8 Å². The van der Waals surface area contributed by atoms with Gasteiger partial charge < -0.3 is 0 Å². The molecule has 1 amide bonds. The Hall–Kier alpha value is -1.35. The van der Waals surface area contributed by atoms with Crippen molar-refractivity contribution in [2.45, 2.75) is 51.7 Å². The number of hydroxylamine groups is 2. The van der Waals surface area contributed by atoms with Crippen LogP contribution < -0.4 is 0 Å². The van der Waals surface area contributed by atoms with Crippen LogP contribution in [0.3, 0.4) is 0 Å². The largest absolute Gasteiger partial charge is 0.272 e. The molecule has 1 aromatic carbocycles. The summed E-state index contributed by atoms with van der Waals surface area (Å²) in [5.41, 5.74) is 0.940. The molecule has 0 aromatic heterocycles. The summed E-state index contributed by atoms with van der Waals surface area (Å²) in [6, 6.07) is 10.4. The second-order valence-corrected chi connectivity index (χ2v) is 5.52. The van der Waals surface area contributed by atoms with Gasteiger partial charge in [-0.3, -0.25) is 9.63 Å². The van der Waals surface area contributed by atoms with E-state index in [-0.39, 0.29) is 17.6 Å². The summed E-state index contributed by atoms with van der Waals surface area (Å²) in [6.45, 7) is 5.97. The fourth-order valence-electron chi connectivity index (χ4n) is 2.30. The zero-order valence-corrected chi connectivity index (χ0v) is 11.3. The molecular formula is C15H21NO2. The van der Waals surface area contributed by atoms with Gasteiger partial charge in [0.15, 0.2) is 0 Å². The zero-order valence-electron chi connectivity index (χ0n) is 11.3. The maximum absolute atomic E-state index is 11.8. The predicted octanol–water partition coefficient (Wildman–Crippen LogP) is 2.95. The highest BCUT2D eigenvalue weighted by Gasteiger charge is 2.41. The fraction of sp³-hybridized carbons (Fsp3) is 0.533. The van der Waals surface area contributed by atoms with Crippen LogP contribution in [-0.4, -0.2) is 22.6 Å². The molecule has 1 atom stereocenters. The standard InChI is InChI=1S/C15H21NO2/c1-12(2)16-14(17)11-15(3,18-16)10-9-13-7-5-4-6-8-13/h4-8,12H,9-11H2,1-3H3. The van der Waals surface area contributed by atoms with Crippen LogP contribution in [0.5, 0.6) is 0 Å². The van der Waals surface area contributed by atoms with Crippen LogP contribution in [0.25, 0.3) is 0 Å². The first-order valence-corrected chi connectivity index (χ1v) is 6.55. The summed E-state index contributed by atoms with van der Waals surface area (Å²) in [7, 11) is 0. The third-order valence-corrected chi connectivity index (χ3v) is 3.34. The van der Waals surface area contributed by atoms with Gasteiger partial charge in [0.25, 0.3) is 0 Å². The molecule has 0 aliphatic carbocycles. The molecular weight excluding hydrogens is 226 g/mol. The maximum atomic E-state index is 11.8. The number of nitrogens with zero attached hydrogens (tertiary/aromatic N) is 1. The van der Waals surface area contributed by atoms with Crippen molar-refractivity contribution < 1.29 is 9.63 Å². The zero-order chi connectivity index (χ0) is 13.2. The molecule has 18 heavy (non-hydrogen) atoms. The Morgan fingerprint density at radius 1 is 1.33 bits per heavy atom.